The summed E-state index contributed by atoms with van der Waals surface area (Å²) in [5.41, 5.74) is 0.607. The maximum Gasteiger partial charge on any atom is 0.341 e. The Kier molecular flexibility index (Phi) is 5.94. The van der Waals surface area contributed by atoms with Crippen molar-refractivity contribution in [2.24, 2.45) is 5.92 Å². The van der Waals surface area contributed by atoms with E-state index in [4.69, 9.17) is 16.3 Å². The summed E-state index contributed by atoms with van der Waals surface area (Å²) in [6, 6.07) is 7.99. The van der Waals surface area contributed by atoms with Gasteiger partial charge < -0.3 is 14.4 Å². The third-order valence-corrected chi connectivity index (χ3v) is 4.98. The van der Waals surface area contributed by atoms with Crippen LogP contribution in [0.3, 0.4) is 0 Å². The van der Waals surface area contributed by atoms with Gasteiger partial charge in [0.1, 0.15) is 17.1 Å². The van der Waals surface area contributed by atoms with Crippen molar-refractivity contribution in [1.82, 2.24) is 4.57 Å². The van der Waals surface area contributed by atoms with Crippen LogP contribution in [0.5, 0.6) is 5.75 Å². The molecular formula is C22H21ClFNO4. The van der Waals surface area contributed by atoms with E-state index in [9.17, 15) is 19.1 Å². The van der Waals surface area contributed by atoms with E-state index in [1.807, 2.05) is 13.8 Å². The first kappa shape index (κ1) is 20.9. The zero-order valence-electron chi connectivity index (χ0n) is 16.3. The molecular weight excluding hydrogens is 397 g/mol. The molecule has 1 heterocycles. The number of methoxy groups -OCH3 is 1. The Morgan fingerprint density at radius 1 is 1.28 bits per heavy atom. The zero-order chi connectivity index (χ0) is 21.3. The second kappa shape index (κ2) is 8.25. The number of ether oxygens (including phenoxy) is 1. The van der Waals surface area contributed by atoms with Crippen LogP contribution in [-0.4, -0.2) is 22.8 Å². The van der Waals surface area contributed by atoms with E-state index >= 15 is 0 Å². The summed E-state index contributed by atoms with van der Waals surface area (Å²) in [5.74, 6) is -1.11. The maximum atomic E-state index is 14.4. The molecule has 2 aromatic carbocycles. The molecule has 5 nitrogen and oxygen atoms in total. The maximum absolute atomic E-state index is 14.4. The molecule has 0 saturated heterocycles. The number of aromatic nitrogens is 1. The lowest BCUT2D eigenvalue weighted by Crippen LogP contribution is -2.20. The first-order chi connectivity index (χ1) is 13.7. The van der Waals surface area contributed by atoms with Crippen LogP contribution in [-0.2, 0) is 13.0 Å². The molecule has 1 N–H and O–H groups in total. The zero-order valence-corrected chi connectivity index (χ0v) is 17.1. The van der Waals surface area contributed by atoms with Crippen LogP contribution in [0.1, 0.15) is 35.3 Å². The fourth-order valence-corrected chi connectivity index (χ4v) is 3.57. The van der Waals surface area contributed by atoms with E-state index in [1.165, 1.54) is 19.4 Å². The summed E-state index contributed by atoms with van der Waals surface area (Å²) in [6.07, 6.45) is 1.51. The largest absolute Gasteiger partial charge is 0.496 e. The first-order valence-electron chi connectivity index (χ1n) is 9.13. The van der Waals surface area contributed by atoms with Crippen LogP contribution in [0, 0.1) is 11.7 Å². The van der Waals surface area contributed by atoms with E-state index < -0.39 is 17.2 Å². The Labute approximate surface area is 172 Å². The molecule has 1 aromatic heterocycles. The molecule has 3 rings (SSSR count). The number of nitrogens with zero attached hydrogens (tertiary/aromatic N) is 1. The molecule has 0 amide bonds. The number of halogens is 2. The van der Waals surface area contributed by atoms with Gasteiger partial charge in [0.25, 0.3) is 0 Å². The topological polar surface area (TPSA) is 68.5 Å². The number of benzene rings is 2. The highest BCUT2D eigenvalue weighted by atomic mass is 35.5. The highest BCUT2D eigenvalue weighted by Gasteiger charge is 2.19. The Bertz CT molecular complexity index is 1150. The van der Waals surface area contributed by atoms with Gasteiger partial charge in [-0.1, -0.05) is 37.6 Å². The van der Waals surface area contributed by atoms with Crippen LogP contribution in [0.2, 0.25) is 5.02 Å². The lowest BCUT2D eigenvalue weighted by molar-refractivity contribution is 0.0694. The third kappa shape index (κ3) is 4.12. The summed E-state index contributed by atoms with van der Waals surface area (Å²) in [5, 5.41) is 9.72. The SMILES string of the molecule is COc1cc2c(cc1Cc1cccc(Cl)c1F)c(=O)c(C(=O)O)cn2CC(C)C. The second-order valence-corrected chi connectivity index (χ2v) is 7.70. The number of carboxylic acids is 1. The smallest absolute Gasteiger partial charge is 0.341 e. The number of rotatable bonds is 6. The van der Waals surface area contributed by atoms with Gasteiger partial charge in [-0.05, 0) is 29.2 Å². The minimum absolute atomic E-state index is 0.00899. The van der Waals surface area contributed by atoms with E-state index in [0.717, 1.165) is 0 Å². The number of hydrogen-bond donors (Lipinski definition) is 1. The number of carbonyl (C=O) groups is 1. The summed E-state index contributed by atoms with van der Waals surface area (Å²) < 4.78 is 21.6. The highest BCUT2D eigenvalue weighted by Crippen LogP contribution is 2.29. The van der Waals surface area contributed by atoms with Crippen molar-refractivity contribution in [3.63, 3.8) is 0 Å². The van der Waals surface area contributed by atoms with Gasteiger partial charge in [-0.15, -0.1) is 0 Å². The minimum Gasteiger partial charge on any atom is -0.496 e. The molecule has 29 heavy (non-hydrogen) atoms. The Morgan fingerprint density at radius 2 is 2.00 bits per heavy atom. The Balaban J connectivity index is 2.27. The van der Waals surface area contributed by atoms with Crippen molar-refractivity contribution in [2.75, 3.05) is 7.11 Å². The molecule has 7 heteroatoms. The number of pyridine rings is 1. The predicted molar refractivity (Wildman–Crippen MR) is 111 cm³/mol. The van der Waals surface area contributed by atoms with Gasteiger partial charge in [-0.3, -0.25) is 4.79 Å². The van der Waals surface area contributed by atoms with Crippen molar-refractivity contribution in [1.29, 1.82) is 0 Å². The average Bonchev–Trinajstić information content (AvgIpc) is 2.66. The van der Waals surface area contributed by atoms with Crippen molar-refractivity contribution in [3.05, 3.63) is 74.3 Å². The molecule has 0 aliphatic carbocycles. The molecule has 3 aromatic rings. The van der Waals surface area contributed by atoms with Crippen LogP contribution < -0.4 is 10.2 Å². The van der Waals surface area contributed by atoms with Gasteiger partial charge in [-0.2, -0.15) is 0 Å². The van der Waals surface area contributed by atoms with Crippen molar-refractivity contribution in [2.45, 2.75) is 26.8 Å². The number of fused-ring (bicyclic) bond motifs is 1. The quantitative estimate of drug-likeness (QED) is 0.628. The average molecular weight is 418 g/mol. The van der Waals surface area contributed by atoms with Gasteiger partial charge in [0.05, 0.1) is 17.6 Å². The van der Waals surface area contributed by atoms with Crippen LogP contribution in [0.15, 0.2) is 41.3 Å². The fourth-order valence-electron chi connectivity index (χ4n) is 3.38. The standard InChI is InChI=1S/C22H21ClFNO4/c1-12(2)10-25-11-16(22(27)28)21(26)15-8-14(19(29-3)9-18(15)25)7-13-5-4-6-17(23)20(13)24/h4-6,8-9,11-12H,7,10H2,1-3H3,(H,27,28). The van der Waals surface area contributed by atoms with Gasteiger partial charge in [-0.25, -0.2) is 9.18 Å². The monoisotopic (exact) mass is 417 g/mol. The van der Waals surface area contributed by atoms with E-state index in [0.29, 0.717) is 28.9 Å². The number of aromatic carboxylic acids is 1. The van der Waals surface area contributed by atoms with Crippen LogP contribution in [0.25, 0.3) is 10.9 Å². The lowest BCUT2D eigenvalue weighted by atomic mass is 10.00. The molecule has 0 aliphatic heterocycles. The lowest BCUT2D eigenvalue weighted by Gasteiger charge is -2.17. The molecule has 0 spiro atoms. The number of carboxylic acid groups (broad SMARTS) is 1. The van der Waals surface area contributed by atoms with E-state index in [2.05, 4.69) is 0 Å². The molecule has 0 radical (unpaired) electrons. The van der Waals surface area contributed by atoms with Crippen LogP contribution >= 0.6 is 11.6 Å². The summed E-state index contributed by atoms with van der Waals surface area (Å²) in [4.78, 5) is 24.4. The predicted octanol–water partition coefficient (Wildman–Crippen LogP) is 4.75. The van der Waals surface area contributed by atoms with Gasteiger partial charge in [0.2, 0.25) is 5.43 Å². The van der Waals surface area contributed by atoms with Crippen molar-refractivity contribution in [3.8, 4) is 5.75 Å². The fraction of sp³-hybridized carbons (Fsp3) is 0.273. The molecule has 152 valence electrons. The Morgan fingerprint density at radius 3 is 2.62 bits per heavy atom. The van der Waals surface area contributed by atoms with Crippen molar-refractivity contribution >= 4 is 28.5 Å². The molecule has 0 aliphatic rings. The molecule has 0 saturated carbocycles. The molecule has 0 atom stereocenters. The van der Waals surface area contributed by atoms with E-state index in [-0.39, 0.29) is 28.3 Å². The summed E-state index contributed by atoms with van der Waals surface area (Å²) in [6.45, 7) is 4.53. The van der Waals surface area contributed by atoms with Gasteiger partial charge in [0.15, 0.2) is 0 Å². The summed E-state index contributed by atoms with van der Waals surface area (Å²) in [7, 11) is 1.50. The highest BCUT2D eigenvalue weighted by molar-refractivity contribution is 6.30. The number of hydrogen-bond acceptors (Lipinski definition) is 3. The van der Waals surface area contributed by atoms with Crippen molar-refractivity contribution < 1.29 is 19.0 Å². The van der Waals surface area contributed by atoms with Gasteiger partial charge in [0, 0.05) is 30.6 Å². The van der Waals surface area contributed by atoms with Gasteiger partial charge >= 0.3 is 5.97 Å². The molecule has 0 unspecified atom stereocenters. The van der Waals surface area contributed by atoms with Crippen LogP contribution in [0.4, 0.5) is 4.39 Å². The minimum atomic E-state index is -1.28. The summed E-state index contributed by atoms with van der Waals surface area (Å²) >= 11 is 5.87. The second-order valence-electron chi connectivity index (χ2n) is 7.29. The van der Waals surface area contributed by atoms with E-state index in [1.54, 1.807) is 28.8 Å². The molecule has 0 fully saturated rings. The third-order valence-electron chi connectivity index (χ3n) is 4.69. The normalized spacial score (nSPS) is 11.2. The molecule has 0 bridgehead atoms. The Hall–Kier alpha value is -2.86. The first-order valence-corrected chi connectivity index (χ1v) is 9.51.